The molecule has 7 nitrogen and oxygen atoms in total. The highest BCUT2D eigenvalue weighted by molar-refractivity contribution is 6.31. The van der Waals surface area contributed by atoms with Crippen LogP contribution in [0, 0.1) is 17.2 Å². The molecule has 3 aromatic carbocycles. The molecule has 0 saturated heterocycles. The molecular weight excluding hydrogens is 487 g/mol. The summed E-state index contributed by atoms with van der Waals surface area (Å²) < 4.78 is 7.43. The number of para-hydroxylation sites is 1. The molecular formula is C26H16Cl2N4O3. The Labute approximate surface area is 210 Å². The van der Waals surface area contributed by atoms with Crippen molar-refractivity contribution < 1.29 is 14.3 Å². The average molecular weight is 503 g/mol. The maximum Gasteiger partial charge on any atom is 0.249 e. The molecule has 1 aliphatic heterocycles. The van der Waals surface area contributed by atoms with E-state index in [9.17, 15) is 14.9 Å². The standard InChI is InChI=1S/C26H16Cl2N4O3/c27-15-5-4-8-18(11-15)32-24-19-12-16(28)9-10-22(19)35-14-21(24)23(31-32)25(33)20(13-29)26(34)30-17-6-2-1-3-7-17/h1-12,20H,14H2,(H,30,34). The van der Waals surface area contributed by atoms with Crippen molar-refractivity contribution >= 4 is 40.6 Å². The highest BCUT2D eigenvalue weighted by Gasteiger charge is 2.36. The summed E-state index contributed by atoms with van der Waals surface area (Å²) in [7, 11) is 0. The number of nitrogens with zero attached hydrogens (tertiary/aromatic N) is 3. The number of Topliss-reactive ketones (excluding diaryl/α,β-unsaturated/α-hetero) is 1. The van der Waals surface area contributed by atoms with Gasteiger partial charge >= 0.3 is 0 Å². The molecule has 1 aromatic heterocycles. The normalized spacial score (nSPS) is 12.5. The molecule has 0 spiro atoms. The molecule has 5 rings (SSSR count). The van der Waals surface area contributed by atoms with Crippen molar-refractivity contribution in [3.05, 3.63) is 94.1 Å². The topological polar surface area (TPSA) is 97.0 Å². The van der Waals surface area contributed by atoms with Crippen LogP contribution in [0.3, 0.4) is 0 Å². The number of hydrogen-bond acceptors (Lipinski definition) is 5. The van der Waals surface area contributed by atoms with E-state index in [0.717, 1.165) is 0 Å². The number of anilines is 1. The third-order valence-corrected chi connectivity index (χ3v) is 6.00. The molecule has 2 heterocycles. The van der Waals surface area contributed by atoms with Crippen molar-refractivity contribution in [2.24, 2.45) is 5.92 Å². The highest BCUT2D eigenvalue weighted by atomic mass is 35.5. The Kier molecular flexibility index (Phi) is 6.00. The van der Waals surface area contributed by atoms with Crippen molar-refractivity contribution in [3.8, 4) is 28.8 Å². The monoisotopic (exact) mass is 502 g/mol. The van der Waals surface area contributed by atoms with Gasteiger partial charge in [-0.3, -0.25) is 9.59 Å². The SMILES string of the molecule is N#CC(C(=O)Nc1ccccc1)C(=O)c1nn(-c2cccc(Cl)c2)c2c1COc1ccc(Cl)cc1-2. The molecule has 1 amide bonds. The predicted octanol–water partition coefficient (Wildman–Crippen LogP) is 5.70. The lowest BCUT2D eigenvalue weighted by Crippen LogP contribution is -2.29. The maximum absolute atomic E-state index is 13.5. The number of rotatable bonds is 5. The van der Waals surface area contributed by atoms with Crippen molar-refractivity contribution in [1.82, 2.24) is 9.78 Å². The van der Waals surface area contributed by atoms with Crippen molar-refractivity contribution in [1.29, 1.82) is 5.26 Å². The smallest absolute Gasteiger partial charge is 0.249 e. The Morgan fingerprint density at radius 2 is 1.80 bits per heavy atom. The first kappa shape index (κ1) is 22.7. The van der Waals surface area contributed by atoms with Crippen LogP contribution < -0.4 is 10.1 Å². The zero-order chi connectivity index (χ0) is 24.5. The molecule has 172 valence electrons. The summed E-state index contributed by atoms with van der Waals surface area (Å²) in [6.07, 6.45) is 0. The van der Waals surface area contributed by atoms with Gasteiger partial charge in [0, 0.05) is 26.9 Å². The van der Waals surface area contributed by atoms with Crippen LogP contribution in [-0.4, -0.2) is 21.5 Å². The maximum atomic E-state index is 13.5. The number of carbonyl (C=O) groups excluding carboxylic acids is 2. The molecule has 0 radical (unpaired) electrons. The average Bonchev–Trinajstić information content (AvgIpc) is 3.25. The first-order chi connectivity index (χ1) is 17.0. The van der Waals surface area contributed by atoms with E-state index >= 15 is 0 Å². The Balaban J connectivity index is 1.62. The molecule has 0 saturated carbocycles. The van der Waals surface area contributed by atoms with Crippen molar-refractivity contribution in [2.45, 2.75) is 6.61 Å². The second kappa shape index (κ2) is 9.26. The number of aromatic nitrogens is 2. The van der Waals surface area contributed by atoms with Gasteiger partial charge in [0.1, 0.15) is 18.1 Å². The Morgan fingerprint density at radius 1 is 1.03 bits per heavy atom. The van der Waals surface area contributed by atoms with E-state index in [1.807, 2.05) is 6.07 Å². The van der Waals surface area contributed by atoms with Gasteiger partial charge in [-0.2, -0.15) is 10.4 Å². The lowest BCUT2D eigenvalue weighted by atomic mass is 9.96. The van der Waals surface area contributed by atoms with Gasteiger partial charge in [-0.05, 0) is 48.5 Å². The van der Waals surface area contributed by atoms with Crippen LogP contribution >= 0.6 is 23.2 Å². The van der Waals surface area contributed by atoms with E-state index in [2.05, 4.69) is 10.4 Å². The fourth-order valence-electron chi connectivity index (χ4n) is 3.93. The van der Waals surface area contributed by atoms with Gasteiger partial charge in [-0.1, -0.05) is 47.5 Å². The van der Waals surface area contributed by atoms with Gasteiger partial charge in [0.05, 0.1) is 17.5 Å². The van der Waals surface area contributed by atoms with Crippen LogP contribution in [0.4, 0.5) is 5.69 Å². The van der Waals surface area contributed by atoms with Gasteiger partial charge < -0.3 is 10.1 Å². The molecule has 0 fully saturated rings. The first-order valence-electron chi connectivity index (χ1n) is 10.6. The number of amides is 1. The number of nitrogens with one attached hydrogen (secondary N) is 1. The Hall–Kier alpha value is -4.12. The first-order valence-corrected chi connectivity index (χ1v) is 11.3. The molecule has 0 aliphatic carbocycles. The summed E-state index contributed by atoms with van der Waals surface area (Å²) in [6.45, 7) is 0.0318. The van der Waals surface area contributed by atoms with Gasteiger partial charge in [0.15, 0.2) is 5.92 Å². The fraction of sp³-hybridized carbons (Fsp3) is 0.0769. The molecule has 4 aromatic rings. The van der Waals surface area contributed by atoms with Crippen molar-refractivity contribution in [3.63, 3.8) is 0 Å². The summed E-state index contributed by atoms with van der Waals surface area (Å²) in [6, 6.07) is 22.6. The largest absolute Gasteiger partial charge is 0.488 e. The fourth-order valence-corrected chi connectivity index (χ4v) is 4.29. The molecule has 1 atom stereocenters. The van der Waals surface area contributed by atoms with E-state index in [-0.39, 0.29) is 12.3 Å². The van der Waals surface area contributed by atoms with E-state index in [1.165, 1.54) is 0 Å². The number of carbonyl (C=O) groups is 2. The van der Waals surface area contributed by atoms with Crippen LogP contribution in [0.5, 0.6) is 5.75 Å². The minimum absolute atomic E-state index is 0.0274. The number of benzene rings is 3. The minimum Gasteiger partial charge on any atom is -0.488 e. The lowest BCUT2D eigenvalue weighted by Gasteiger charge is -2.20. The van der Waals surface area contributed by atoms with E-state index in [4.69, 9.17) is 27.9 Å². The Bertz CT molecular complexity index is 1510. The van der Waals surface area contributed by atoms with E-state index in [0.29, 0.717) is 44.0 Å². The molecule has 0 bridgehead atoms. The predicted molar refractivity (Wildman–Crippen MR) is 132 cm³/mol. The van der Waals surface area contributed by atoms with Gasteiger partial charge in [0.25, 0.3) is 0 Å². The van der Waals surface area contributed by atoms with Crippen LogP contribution in [0.25, 0.3) is 16.9 Å². The third-order valence-electron chi connectivity index (χ3n) is 5.53. The number of ketones is 1. The summed E-state index contributed by atoms with van der Waals surface area (Å²) in [5, 5.41) is 17.8. The summed E-state index contributed by atoms with van der Waals surface area (Å²) in [4.78, 5) is 26.3. The lowest BCUT2D eigenvalue weighted by molar-refractivity contribution is -0.117. The number of fused-ring (bicyclic) bond motifs is 3. The van der Waals surface area contributed by atoms with Gasteiger partial charge in [-0.25, -0.2) is 4.68 Å². The molecule has 35 heavy (non-hydrogen) atoms. The Morgan fingerprint density at radius 3 is 2.54 bits per heavy atom. The number of ether oxygens (including phenoxy) is 1. The summed E-state index contributed by atoms with van der Waals surface area (Å²) in [5.74, 6) is -2.51. The van der Waals surface area contributed by atoms with E-state index in [1.54, 1.807) is 77.5 Å². The molecule has 1 unspecified atom stereocenters. The third kappa shape index (κ3) is 4.26. The summed E-state index contributed by atoms with van der Waals surface area (Å²) >= 11 is 12.5. The van der Waals surface area contributed by atoms with Crippen LogP contribution in [0.1, 0.15) is 16.1 Å². The van der Waals surface area contributed by atoms with Crippen LogP contribution in [0.15, 0.2) is 72.8 Å². The molecule has 1 aliphatic rings. The van der Waals surface area contributed by atoms with Crippen molar-refractivity contribution in [2.75, 3.05) is 5.32 Å². The quantitative estimate of drug-likeness (QED) is 0.278. The molecule has 9 heteroatoms. The number of nitriles is 1. The zero-order valence-corrected chi connectivity index (χ0v) is 19.5. The minimum atomic E-state index is -1.61. The number of hydrogen-bond donors (Lipinski definition) is 1. The number of halogens is 2. The second-order valence-electron chi connectivity index (χ2n) is 7.78. The molecule has 1 N–H and O–H groups in total. The zero-order valence-electron chi connectivity index (χ0n) is 18.0. The van der Waals surface area contributed by atoms with Gasteiger partial charge in [-0.15, -0.1) is 0 Å². The van der Waals surface area contributed by atoms with Gasteiger partial charge in [0.2, 0.25) is 11.7 Å². The van der Waals surface area contributed by atoms with Crippen LogP contribution in [0.2, 0.25) is 10.0 Å². The summed E-state index contributed by atoms with van der Waals surface area (Å²) in [5.41, 5.74) is 2.72. The van der Waals surface area contributed by atoms with E-state index < -0.39 is 17.6 Å². The second-order valence-corrected chi connectivity index (χ2v) is 8.65. The van der Waals surface area contributed by atoms with Crippen LogP contribution in [-0.2, 0) is 11.4 Å². The highest BCUT2D eigenvalue weighted by Crippen LogP contribution is 2.42.